The maximum absolute atomic E-state index is 9.44. The fraction of sp³-hybridized carbons (Fsp3) is 0.211. The Kier molecular flexibility index (Phi) is 4.74. The largest absolute Gasteiger partial charge is 0.493 e. The van der Waals surface area contributed by atoms with E-state index in [1.165, 1.54) is 5.56 Å². The van der Waals surface area contributed by atoms with Crippen LogP contribution in [0.5, 0.6) is 5.75 Å². The van der Waals surface area contributed by atoms with E-state index in [0.29, 0.717) is 6.61 Å². The van der Waals surface area contributed by atoms with E-state index in [1.807, 2.05) is 49.4 Å². The van der Waals surface area contributed by atoms with Crippen LogP contribution < -0.4 is 4.74 Å². The number of nitrogens with one attached hydrogen (secondary N) is 1. The van der Waals surface area contributed by atoms with E-state index in [1.54, 1.807) is 0 Å². The molecule has 0 atom stereocenters. The molecule has 0 bridgehead atoms. The molecule has 0 aliphatic carbocycles. The van der Waals surface area contributed by atoms with Crippen molar-refractivity contribution in [1.29, 1.82) is 0 Å². The Morgan fingerprint density at radius 1 is 1.04 bits per heavy atom. The van der Waals surface area contributed by atoms with Gasteiger partial charge in [-0.05, 0) is 36.8 Å². The van der Waals surface area contributed by atoms with Crippen molar-refractivity contribution in [3.05, 3.63) is 71.4 Å². The van der Waals surface area contributed by atoms with Crippen LogP contribution in [0, 0.1) is 6.92 Å². The number of aromatic amines is 1. The normalized spacial score (nSPS) is 10.7. The van der Waals surface area contributed by atoms with E-state index in [2.05, 4.69) is 22.3 Å². The van der Waals surface area contributed by atoms with E-state index in [4.69, 9.17) is 4.74 Å². The van der Waals surface area contributed by atoms with E-state index in [9.17, 15) is 5.11 Å². The number of H-pyrrole nitrogens is 1. The first-order valence-corrected chi connectivity index (χ1v) is 7.70. The number of aliphatic hydroxyl groups is 1. The highest BCUT2D eigenvalue weighted by molar-refractivity contribution is 5.64. The summed E-state index contributed by atoms with van der Waals surface area (Å²) in [4.78, 5) is 0. The highest BCUT2D eigenvalue weighted by atomic mass is 16.5. The minimum Gasteiger partial charge on any atom is -0.493 e. The van der Waals surface area contributed by atoms with Crippen LogP contribution in [-0.2, 0) is 13.0 Å². The highest BCUT2D eigenvalue weighted by Crippen LogP contribution is 2.25. The Balaban J connectivity index is 1.63. The average Bonchev–Trinajstić information content (AvgIpc) is 2.97. The molecule has 3 rings (SSSR count). The van der Waals surface area contributed by atoms with E-state index in [0.717, 1.165) is 34.7 Å². The highest BCUT2D eigenvalue weighted by Gasteiger charge is 2.11. The van der Waals surface area contributed by atoms with Crippen molar-refractivity contribution >= 4 is 0 Å². The molecule has 2 aromatic carbocycles. The minimum absolute atomic E-state index is 0.0208. The summed E-state index contributed by atoms with van der Waals surface area (Å²) in [6.07, 6.45) is 0.885. The molecule has 4 heteroatoms. The third-order valence-corrected chi connectivity index (χ3v) is 3.86. The summed E-state index contributed by atoms with van der Waals surface area (Å²) in [5.41, 5.74) is 4.76. The summed E-state index contributed by atoms with van der Waals surface area (Å²) in [7, 11) is 0. The van der Waals surface area contributed by atoms with Crippen molar-refractivity contribution in [2.24, 2.45) is 0 Å². The monoisotopic (exact) mass is 308 g/mol. The van der Waals surface area contributed by atoms with Gasteiger partial charge >= 0.3 is 0 Å². The maximum Gasteiger partial charge on any atom is 0.119 e. The molecule has 0 unspecified atom stereocenters. The molecule has 3 aromatic rings. The molecule has 0 fully saturated rings. The van der Waals surface area contributed by atoms with Gasteiger partial charge in [-0.15, -0.1) is 0 Å². The summed E-state index contributed by atoms with van der Waals surface area (Å²) in [6, 6.07) is 18.1. The zero-order chi connectivity index (χ0) is 16.1. The number of aromatic nitrogens is 2. The van der Waals surface area contributed by atoms with Gasteiger partial charge in [-0.3, -0.25) is 5.10 Å². The van der Waals surface area contributed by atoms with Crippen LogP contribution in [0.15, 0.2) is 54.6 Å². The lowest BCUT2D eigenvalue weighted by molar-refractivity contribution is 0.281. The van der Waals surface area contributed by atoms with Crippen LogP contribution >= 0.6 is 0 Å². The lowest BCUT2D eigenvalue weighted by atomic mass is 10.1. The SMILES string of the molecule is Cc1[nH]nc(-c2ccc(OCCc3ccccc3)cc2)c1CO. The quantitative estimate of drug-likeness (QED) is 0.733. The van der Waals surface area contributed by atoms with Gasteiger partial charge in [-0.25, -0.2) is 0 Å². The molecule has 0 aliphatic heterocycles. The van der Waals surface area contributed by atoms with Gasteiger partial charge in [-0.2, -0.15) is 5.10 Å². The van der Waals surface area contributed by atoms with E-state index >= 15 is 0 Å². The smallest absolute Gasteiger partial charge is 0.119 e. The predicted molar refractivity (Wildman–Crippen MR) is 90.3 cm³/mol. The van der Waals surface area contributed by atoms with Crippen molar-refractivity contribution in [2.75, 3.05) is 6.61 Å². The first-order valence-electron chi connectivity index (χ1n) is 7.70. The summed E-state index contributed by atoms with van der Waals surface area (Å²) < 4.78 is 5.78. The van der Waals surface area contributed by atoms with Crippen molar-refractivity contribution in [2.45, 2.75) is 20.0 Å². The van der Waals surface area contributed by atoms with Gasteiger partial charge in [0.2, 0.25) is 0 Å². The Morgan fingerprint density at radius 3 is 2.48 bits per heavy atom. The second kappa shape index (κ2) is 7.11. The van der Waals surface area contributed by atoms with Gasteiger partial charge in [-0.1, -0.05) is 30.3 Å². The van der Waals surface area contributed by atoms with Crippen molar-refractivity contribution < 1.29 is 9.84 Å². The molecule has 4 nitrogen and oxygen atoms in total. The number of hydrogen-bond acceptors (Lipinski definition) is 3. The van der Waals surface area contributed by atoms with E-state index in [-0.39, 0.29) is 6.61 Å². The minimum atomic E-state index is -0.0208. The van der Waals surface area contributed by atoms with Crippen LogP contribution in [0.25, 0.3) is 11.3 Å². The first kappa shape index (κ1) is 15.3. The van der Waals surface area contributed by atoms with Crippen LogP contribution in [0.1, 0.15) is 16.8 Å². The Morgan fingerprint density at radius 2 is 1.78 bits per heavy atom. The molecule has 0 radical (unpaired) electrons. The van der Waals surface area contributed by atoms with Gasteiger partial charge in [0.1, 0.15) is 5.75 Å². The fourth-order valence-electron chi connectivity index (χ4n) is 2.53. The number of ether oxygens (including phenoxy) is 1. The molecule has 0 spiro atoms. The molecule has 2 N–H and O–H groups in total. The molecular weight excluding hydrogens is 288 g/mol. The van der Waals surface area contributed by atoms with Crippen LogP contribution in [0.3, 0.4) is 0 Å². The van der Waals surface area contributed by atoms with Crippen molar-refractivity contribution in [3.8, 4) is 17.0 Å². The van der Waals surface area contributed by atoms with Crippen molar-refractivity contribution in [1.82, 2.24) is 10.2 Å². The summed E-state index contributed by atoms with van der Waals surface area (Å²) in [5.74, 6) is 0.836. The summed E-state index contributed by atoms with van der Waals surface area (Å²) in [5, 5.41) is 16.6. The van der Waals surface area contributed by atoms with Gasteiger partial charge < -0.3 is 9.84 Å². The second-order valence-electron chi connectivity index (χ2n) is 5.44. The second-order valence-corrected chi connectivity index (χ2v) is 5.44. The predicted octanol–water partition coefficient (Wildman–Crippen LogP) is 3.50. The summed E-state index contributed by atoms with van der Waals surface area (Å²) >= 11 is 0. The number of hydrogen-bond donors (Lipinski definition) is 2. The number of benzene rings is 2. The number of nitrogens with zero attached hydrogens (tertiary/aromatic N) is 1. The fourth-order valence-corrected chi connectivity index (χ4v) is 2.53. The molecule has 0 saturated heterocycles. The summed E-state index contributed by atoms with van der Waals surface area (Å²) in [6.45, 7) is 2.53. The average molecular weight is 308 g/mol. The van der Waals surface area contributed by atoms with Crippen LogP contribution in [0.4, 0.5) is 0 Å². The standard InChI is InChI=1S/C19H20N2O2/c1-14-18(13-22)19(21-20-14)16-7-9-17(10-8-16)23-12-11-15-5-3-2-4-6-15/h2-10,22H,11-13H2,1H3,(H,20,21). The Labute approximate surface area is 135 Å². The molecular formula is C19H20N2O2. The lowest BCUT2D eigenvalue weighted by Gasteiger charge is -2.07. The molecule has 23 heavy (non-hydrogen) atoms. The molecule has 1 heterocycles. The third kappa shape index (κ3) is 3.60. The molecule has 0 saturated carbocycles. The number of rotatable bonds is 6. The topological polar surface area (TPSA) is 58.1 Å². The number of aryl methyl sites for hydroxylation is 1. The number of aliphatic hydroxyl groups excluding tert-OH is 1. The zero-order valence-corrected chi connectivity index (χ0v) is 13.1. The maximum atomic E-state index is 9.44. The zero-order valence-electron chi connectivity index (χ0n) is 13.1. The van der Waals surface area contributed by atoms with Gasteiger partial charge in [0.05, 0.1) is 18.9 Å². The van der Waals surface area contributed by atoms with Gasteiger partial charge in [0, 0.05) is 23.2 Å². The van der Waals surface area contributed by atoms with Crippen LogP contribution in [0.2, 0.25) is 0 Å². The molecule has 118 valence electrons. The Hall–Kier alpha value is -2.59. The Bertz CT molecular complexity index is 749. The third-order valence-electron chi connectivity index (χ3n) is 3.86. The van der Waals surface area contributed by atoms with Gasteiger partial charge in [0.15, 0.2) is 0 Å². The van der Waals surface area contributed by atoms with Crippen molar-refractivity contribution in [3.63, 3.8) is 0 Å². The molecule has 0 amide bonds. The first-order chi connectivity index (χ1) is 11.3. The van der Waals surface area contributed by atoms with E-state index < -0.39 is 0 Å². The lowest BCUT2D eigenvalue weighted by Crippen LogP contribution is -2.01. The van der Waals surface area contributed by atoms with Crippen LogP contribution in [-0.4, -0.2) is 21.9 Å². The molecule has 0 aliphatic rings. The van der Waals surface area contributed by atoms with Gasteiger partial charge in [0.25, 0.3) is 0 Å². The molecule has 1 aromatic heterocycles.